The molecule has 0 fully saturated rings. The highest BCUT2D eigenvalue weighted by atomic mass is 32.1. The third-order valence-electron chi connectivity index (χ3n) is 2.39. The van der Waals surface area contributed by atoms with Crippen molar-refractivity contribution in [3.8, 4) is 0 Å². The summed E-state index contributed by atoms with van der Waals surface area (Å²) in [6.07, 6.45) is -0.115. The van der Waals surface area contributed by atoms with Gasteiger partial charge in [0.05, 0.1) is 0 Å². The Morgan fingerprint density at radius 3 is 2.35 bits per heavy atom. The number of ether oxygens (including phenoxy) is 2. The molecule has 0 saturated carbocycles. The second-order valence-electron chi connectivity index (χ2n) is 4.05. The molecular weight excluding hydrogens is 234 g/mol. The molecule has 0 radical (unpaired) electrons. The molecule has 0 aromatic carbocycles. The standard InChI is InChI=1S/C13H23NO2S/c1-5-15-13(16-6-2)10-14(4)9-12-8-7-11(3)17-12/h7-8,13H,5-6,9-10H2,1-4H3. The summed E-state index contributed by atoms with van der Waals surface area (Å²) < 4.78 is 11.1. The Morgan fingerprint density at radius 1 is 1.24 bits per heavy atom. The van der Waals surface area contributed by atoms with Crippen LogP contribution in [0.5, 0.6) is 0 Å². The quantitative estimate of drug-likeness (QED) is 0.668. The second kappa shape index (κ2) is 7.82. The average Bonchev–Trinajstić information content (AvgIpc) is 2.64. The predicted molar refractivity (Wildman–Crippen MR) is 72.4 cm³/mol. The van der Waals surface area contributed by atoms with E-state index in [0.717, 1.165) is 13.1 Å². The zero-order chi connectivity index (χ0) is 12.7. The Hall–Kier alpha value is -0.420. The zero-order valence-electron chi connectivity index (χ0n) is 11.2. The van der Waals surface area contributed by atoms with Crippen molar-refractivity contribution in [1.29, 1.82) is 0 Å². The second-order valence-corrected chi connectivity index (χ2v) is 5.42. The van der Waals surface area contributed by atoms with Crippen molar-refractivity contribution >= 4 is 11.3 Å². The summed E-state index contributed by atoms with van der Waals surface area (Å²) in [7, 11) is 2.10. The summed E-state index contributed by atoms with van der Waals surface area (Å²) in [4.78, 5) is 4.98. The fraction of sp³-hybridized carbons (Fsp3) is 0.692. The molecule has 0 saturated heterocycles. The lowest BCUT2D eigenvalue weighted by Crippen LogP contribution is -2.32. The molecule has 1 rings (SSSR count). The van der Waals surface area contributed by atoms with Crippen molar-refractivity contribution in [3.63, 3.8) is 0 Å². The number of aryl methyl sites for hydroxylation is 1. The zero-order valence-corrected chi connectivity index (χ0v) is 12.0. The Labute approximate surface area is 108 Å². The van der Waals surface area contributed by atoms with Crippen LogP contribution in [0.1, 0.15) is 23.6 Å². The van der Waals surface area contributed by atoms with Crippen LogP contribution in [0.2, 0.25) is 0 Å². The van der Waals surface area contributed by atoms with Crippen molar-refractivity contribution in [2.75, 3.05) is 26.8 Å². The molecule has 0 N–H and O–H groups in total. The van der Waals surface area contributed by atoms with E-state index in [9.17, 15) is 0 Å². The average molecular weight is 257 g/mol. The van der Waals surface area contributed by atoms with E-state index >= 15 is 0 Å². The monoisotopic (exact) mass is 257 g/mol. The van der Waals surface area contributed by atoms with Gasteiger partial charge in [-0.2, -0.15) is 0 Å². The first kappa shape index (κ1) is 14.6. The first-order chi connectivity index (χ1) is 8.15. The van der Waals surface area contributed by atoms with Gasteiger partial charge in [0.2, 0.25) is 0 Å². The molecule has 0 aliphatic rings. The fourth-order valence-corrected chi connectivity index (χ4v) is 2.65. The molecule has 0 bridgehead atoms. The SMILES string of the molecule is CCOC(CN(C)Cc1ccc(C)s1)OCC. The van der Waals surface area contributed by atoms with E-state index in [-0.39, 0.29) is 6.29 Å². The molecule has 0 atom stereocenters. The van der Waals surface area contributed by atoms with Crippen LogP contribution in [0.25, 0.3) is 0 Å². The molecule has 4 heteroatoms. The van der Waals surface area contributed by atoms with Crippen molar-refractivity contribution in [2.24, 2.45) is 0 Å². The lowest BCUT2D eigenvalue weighted by atomic mass is 10.4. The molecule has 0 spiro atoms. The van der Waals surface area contributed by atoms with Gasteiger partial charge in [0.1, 0.15) is 0 Å². The highest BCUT2D eigenvalue weighted by Crippen LogP contribution is 2.16. The van der Waals surface area contributed by atoms with E-state index in [1.807, 2.05) is 25.2 Å². The van der Waals surface area contributed by atoms with Gasteiger partial charge in [-0.25, -0.2) is 0 Å². The number of hydrogen-bond acceptors (Lipinski definition) is 4. The molecule has 17 heavy (non-hydrogen) atoms. The largest absolute Gasteiger partial charge is 0.352 e. The van der Waals surface area contributed by atoms with Crippen LogP contribution >= 0.6 is 11.3 Å². The molecular formula is C13H23NO2S. The van der Waals surface area contributed by atoms with E-state index in [0.29, 0.717) is 13.2 Å². The maximum absolute atomic E-state index is 5.54. The summed E-state index contributed by atoms with van der Waals surface area (Å²) in [5.74, 6) is 0. The normalized spacial score (nSPS) is 11.6. The number of rotatable bonds is 8. The number of likely N-dealkylation sites (N-methyl/N-ethyl adjacent to an activating group) is 1. The first-order valence-electron chi connectivity index (χ1n) is 6.12. The van der Waals surface area contributed by atoms with Gasteiger partial charge in [0.25, 0.3) is 0 Å². The molecule has 0 aliphatic carbocycles. The van der Waals surface area contributed by atoms with Gasteiger partial charge in [-0.1, -0.05) is 0 Å². The van der Waals surface area contributed by atoms with E-state index in [4.69, 9.17) is 9.47 Å². The third kappa shape index (κ3) is 5.64. The lowest BCUT2D eigenvalue weighted by molar-refractivity contribution is -0.145. The van der Waals surface area contributed by atoms with Gasteiger partial charge in [0.15, 0.2) is 6.29 Å². The van der Waals surface area contributed by atoms with Crippen LogP contribution in [0.4, 0.5) is 0 Å². The summed E-state index contributed by atoms with van der Waals surface area (Å²) >= 11 is 1.85. The van der Waals surface area contributed by atoms with Crippen molar-refractivity contribution in [3.05, 3.63) is 21.9 Å². The Kier molecular flexibility index (Phi) is 6.73. The number of hydrogen-bond donors (Lipinski definition) is 0. The van der Waals surface area contributed by atoms with E-state index in [1.54, 1.807) is 0 Å². The van der Waals surface area contributed by atoms with E-state index in [2.05, 4.69) is 31.0 Å². The maximum atomic E-state index is 5.54. The Bertz CT molecular complexity index is 308. The van der Waals surface area contributed by atoms with Gasteiger partial charge in [0, 0.05) is 36.1 Å². The Morgan fingerprint density at radius 2 is 1.88 bits per heavy atom. The van der Waals surface area contributed by atoms with Crippen LogP contribution < -0.4 is 0 Å². The molecule has 1 heterocycles. The predicted octanol–water partition coefficient (Wildman–Crippen LogP) is 2.89. The van der Waals surface area contributed by atoms with Crippen molar-refractivity contribution in [2.45, 2.75) is 33.6 Å². The first-order valence-corrected chi connectivity index (χ1v) is 6.94. The summed E-state index contributed by atoms with van der Waals surface area (Å²) in [6.45, 7) is 9.27. The van der Waals surface area contributed by atoms with Gasteiger partial charge in [-0.05, 0) is 40.0 Å². The molecule has 0 aliphatic heterocycles. The molecule has 98 valence electrons. The van der Waals surface area contributed by atoms with Gasteiger partial charge >= 0.3 is 0 Å². The van der Waals surface area contributed by atoms with Crippen molar-refractivity contribution < 1.29 is 9.47 Å². The summed E-state index contributed by atoms with van der Waals surface area (Å²) in [6, 6.07) is 4.35. The van der Waals surface area contributed by atoms with Crippen LogP contribution in [0, 0.1) is 6.92 Å². The summed E-state index contributed by atoms with van der Waals surface area (Å²) in [5, 5.41) is 0. The minimum atomic E-state index is -0.115. The van der Waals surface area contributed by atoms with Gasteiger partial charge in [-0.15, -0.1) is 11.3 Å². The molecule has 3 nitrogen and oxygen atoms in total. The minimum Gasteiger partial charge on any atom is -0.352 e. The smallest absolute Gasteiger partial charge is 0.170 e. The highest BCUT2D eigenvalue weighted by Gasteiger charge is 2.12. The van der Waals surface area contributed by atoms with Crippen molar-refractivity contribution in [1.82, 2.24) is 4.90 Å². The Balaban J connectivity index is 2.38. The highest BCUT2D eigenvalue weighted by molar-refractivity contribution is 7.11. The lowest BCUT2D eigenvalue weighted by Gasteiger charge is -2.23. The fourth-order valence-electron chi connectivity index (χ4n) is 1.68. The number of thiophene rings is 1. The van der Waals surface area contributed by atoms with Crippen LogP contribution in [-0.2, 0) is 16.0 Å². The molecule has 0 unspecified atom stereocenters. The van der Waals surface area contributed by atoms with Gasteiger partial charge < -0.3 is 9.47 Å². The van der Waals surface area contributed by atoms with E-state index in [1.165, 1.54) is 9.75 Å². The van der Waals surface area contributed by atoms with Crippen LogP contribution in [0.3, 0.4) is 0 Å². The molecule has 1 aromatic heterocycles. The third-order valence-corrected chi connectivity index (χ3v) is 3.37. The van der Waals surface area contributed by atoms with Gasteiger partial charge in [-0.3, -0.25) is 4.90 Å². The summed E-state index contributed by atoms with van der Waals surface area (Å²) in [5.41, 5.74) is 0. The number of nitrogens with zero attached hydrogens (tertiary/aromatic N) is 1. The maximum Gasteiger partial charge on any atom is 0.170 e. The van der Waals surface area contributed by atoms with E-state index < -0.39 is 0 Å². The van der Waals surface area contributed by atoms with Crippen LogP contribution in [-0.4, -0.2) is 38.0 Å². The minimum absolute atomic E-state index is 0.115. The molecule has 1 aromatic rings. The topological polar surface area (TPSA) is 21.7 Å². The molecule has 0 amide bonds. The van der Waals surface area contributed by atoms with Crippen LogP contribution in [0.15, 0.2) is 12.1 Å².